The molecule has 4 aromatic heterocycles. The molecule has 0 spiro atoms. The molecule has 4 heterocycles. The average Bonchev–Trinajstić information content (AvgIpc) is 1.65. The molecule has 0 saturated heterocycles. The number of aryl methyl sites for hydroxylation is 9. The number of hydrogen-bond donors (Lipinski definition) is 0. The molecule has 0 fully saturated rings. The van der Waals surface area contributed by atoms with Gasteiger partial charge in [0.15, 0.2) is 0 Å². The van der Waals surface area contributed by atoms with Gasteiger partial charge in [-0.2, -0.15) is 0 Å². The Labute approximate surface area is 566 Å². The lowest BCUT2D eigenvalue weighted by Gasteiger charge is -2.24. The van der Waals surface area contributed by atoms with Gasteiger partial charge in [0.1, 0.15) is 17.5 Å². The van der Waals surface area contributed by atoms with Gasteiger partial charge < -0.3 is 0 Å². The second-order valence-electron chi connectivity index (χ2n) is 25.0. The van der Waals surface area contributed by atoms with E-state index < -0.39 is 0 Å². The van der Waals surface area contributed by atoms with Crippen molar-refractivity contribution >= 4 is 11.6 Å². The number of aromatic nitrogens is 4. The maximum Gasteiger partial charge on any atom is 0.126 e. The predicted molar refractivity (Wildman–Crippen MR) is 387 cm³/mol. The van der Waals surface area contributed by atoms with E-state index in [0.717, 1.165) is 103 Å². The molecule has 8 heteroatoms. The molecular formula is C86H98ClF3N4. The largest absolute Gasteiger partial charge is 0.264 e. The summed E-state index contributed by atoms with van der Waals surface area (Å²) in [6.07, 6.45) is 19.3. The van der Waals surface area contributed by atoms with E-state index in [4.69, 9.17) is 11.6 Å². The monoisotopic (exact) mass is 1280 g/mol. The number of hydrogen-bond acceptors (Lipinski definition) is 4. The van der Waals surface area contributed by atoms with E-state index in [1.807, 2.05) is 115 Å². The topological polar surface area (TPSA) is 51.6 Å². The molecule has 0 saturated carbocycles. The molecule has 0 N–H and O–H groups in total. The lowest BCUT2D eigenvalue weighted by molar-refractivity contribution is 0.553. The zero-order chi connectivity index (χ0) is 67.4. The lowest BCUT2D eigenvalue weighted by Crippen LogP contribution is -2.11. The van der Waals surface area contributed by atoms with E-state index in [2.05, 4.69) is 153 Å². The molecule has 4 nitrogen and oxygen atoms in total. The minimum atomic E-state index is -0.150. The molecule has 6 aromatic carbocycles. The zero-order valence-electron chi connectivity index (χ0n) is 57.9. The van der Waals surface area contributed by atoms with Crippen LogP contribution >= 0.6 is 11.6 Å². The van der Waals surface area contributed by atoms with Crippen LogP contribution in [0.1, 0.15) is 231 Å². The summed E-state index contributed by atoms with van der Waals surface area (Å²) >= 11 is 6.23. The number of rotatable bonds is 2. The normalized spacial score (nSPS) is 17.1. The average molecular weight is 1280 g/mol. The SMILES string of the molecule is CC.CC.CC.CC(C)C1c2ccccc2CCc2ccc(Cl)cc21.CC(C)C1c2cnccc2CCc2ccc(F)cc21.CC1c2cc(F)ccc2CCc2ncccc21.CC1c2ccccc2CCc2ncccc21.CC1c2cccnc2CCc2c(F)cccc21. The van der Waals surface area contributed by atoms with Gasteiger partial charge in [-0.1, -0.05) is 199 Å². The smallest absolute Gasteiger partial charge is 0.126 e. The van der Waals surface area contributed by atoms with Crippen molar-refractivity contribution in [1.29, 1.82) is 0 Å². The first-order valence-electron chi connectivity index (χ1n) is 34.7. The van der Waals surface area contributed by atoms with Gasteiger partial charge in [-0.25, -0.2) is 13.2 Å². The fraction of sp³-hybridized carbons (Fsp3) is 0.349. The standard InChI is InChI=1S/C18H19Cl.C17H18FN.2C15H14FN.C15H15N.3C2H6/c1-12(2)18-16-6-4-3-5-13(16)7-8-14-9-10-15(19)11-17(14)18;1-11(2)17-15-9-14(18)6-5-12(15)3-4-13-7-8-19-10-16(13)17;1-10-11-4-2-6-14(16)13(11)7-8-15-12(10)5-3-9-17-15;1-10-13-3-2-8-17-15(13)7-5-11-4-6-12(16)9-14(10)11;1-11-13-6-3-2-5-12(13)8-9-15-14(11)7-4-10-16-15;3*1-2/h3-6,9-12,18H,7-8H2,1-2H3;5-11,17H,3-4H2,1-2H3;2-6,9-10H,7-8H2,1H3;2-4,6,8-10H,5,7H2,1H3;2-7,10-11H,8-9H2,1H3;3*1-2H3. The first-order chi connectivity index (χ1) is 45.7. The number of pyridine rings is 4. The second kappa shape index (κ2) is 34.9. The van der Waals surface area contributed by atoms with Crippen LogP contribution in [0, 0.1) is 29.3 Å². The fourth-order valence-electron chi connectivity index (χ4n) is 14.5. The summed E-state index contributed by atoms with van der Waals surface area (Å²) in [6, 6.07) is 54.3. The van der Waals surface area contributed by atoms with Crippen LogP contribution in [0.2, 0.25) is 5.02 Å². The van der Waals surface area contributed by atoms with Crippen molar-refractivity contribution in [2.24, 2.45) is 11.8 Å². The molecule has 0 amide bonds. The van der Waals surface area contributed by atoms with Crippen molar-refractivity contribution in [2.75, 3.05) is 0 Å². The molecule has 5 aliphatic carbocycles. The van der Waals surface area contributed by atoms with Gasteiger partial charge in [-0.05, 0) is 237 Å². The fourth-order valence-corrected chi connectivity index (χ4v) is 14.7. The molecule has 10 aromatic rings. The molecule has 15 rings (SSSR count). The van der Waals surface area contributed by atoms with Crippen LogP contribution in [0.25, 0.3) is 0 Å². The molecule has 490 valence electrons. The second-order valence-corrected chi connectivity index (χ2v) is 25.5. The zero-order valence-corrected chi connectivity index (χ0v) is 58.6. The summed E-state index contributed by atoms with van der Waals surface area (Å²) in [4.78, 5) is 17.6. The van der Waals surface area contributed by atoms with Crippen molar-refractivity contribution in [2.45, 2.75) is 184 Å². The first kappa shape index (κ1) is 71.8. The van der Waals surface area contributed by atoms with E-state index >= 15 is 0 Å². The highest BCUT2D eigenvalue weighted by molar-refractivity contribution is 6.30. The molecular weight excluding hydrogens is 1180 g/mol. The summed E-state index contributed by atoms with van der Waals surface area (Å²) in [5.74, 6) is 2.28. The van der Waals surface area contributed by atoms with Crippen molar-refractivity contribution in [1.82, 2.24) is 19.9 Å². The number of benzene rings is 6. The van der Waals surface area contributed by atoms with E-state index in [1.54, 1.807) is 36.4 Å². The van der Waals surface area contributed by atoms with Crippen LogP contribution in [0.3, 0.4) is 0 Å². The third kappa shape index (κ3) is 17.1. The molecule has 0 aliphatic heterocycles. The van der Waals surface area contributed by atoms with Gasteiger partial charge in [0, 0.05) is 82.7 Å². The summed E-state index contributed by atoms with van der Waals surface area (Å²) in [5, 5.41) is 0.851. The van der Waals surface area contributed by atoms with Gasteiger partial charge in [0.2, 0.25) is 0 Å². The summed E-state index contributed by atoms with van der Waals surface area (Å²) in [6.45, 7) is 27.5. The van der Waals surface area contributed by atoms with Crippen molar-refractivity contribution in [3.63, 3.8) is 0 Å². The molecule has 0 radical (unpaired) electrons. The Hall–Kier alpha value is -8.00. The summed E-state index contributed by atoms with van der Waals surface area (Å²) in [5.41, 5.74) is 25.6. The molecule has 5 atom stereocenters. The Morgan fingerprint density at radius 3 is 1.27 bits per heavy atom. The van der Waals surface area contributed by atoms with Crippen LogP contribution in [0.5, 0.6) is 0 Å². The van der Waals surface area contributed by atoms with Crippen LogP contribution < -0.4 is 0 Å². The molecule has 0 bridgehead atoms. The van der Waals surface area contributed by atoms with Gasteiger partial charge >= 0.3 is 0 Å². The van der Waals surface area contributed by atoms with Gasteiger partial charge in [0.05, 0.1) is 0 Å². The molecule has 94 heavy (non-hydrogen) atoms. The Morgan fingerprint density at radius 1 is 0.340 bits per heavy atom. The summed E-state index contributed by atoms with van der Waals surface area (Å²) < 4.78 is 40.8. The highest BCUT2D eigenvalue weighted by Gasteiger charge is 2.29. The molecule has 5 aliphatic rings. The Bertz CT molecular complexity index is 3890. The minimum absolute atomic E-state index is 0.0813. The predicted octanol–water partition coefficient (Wildman–Crippen LogP) is 22.7. The Kier molecular flexibility index (Phi) is 26.7. The third-order valence-electron chi connectivity index (χ3n) is 19.0. The third-order valence-corrected chi connectivity index (χ3v) is 19.2. The number of fused-ring (bicyclic) bond motifs is 10. The van der Waals surface area contributed by atoms with Crippen LogP contribution in [-0.2, 0) is 64.2 Å². The van der Waals surface area contributed by atoms with Gasteiger partial charge in [-0.3, -0.25) is 19.9 Å². The van der Waals surface area contributed by atoms with E-state index in [9.17, 15) is 13.2 Å². The first-order valence-corrected chi connectivity index (χ1v) is 35.1. The minimum Gasteiger partial charge on any atom is -0.264 e. The Balaban J connectivity index is 0.000000148. The number of nitrogens with zero attached hydrogens (tertiary/aromatic N) is 4. The maximum absolute atomic E-state index is 13.8. The molecule has 5 unspecified atom stereocenters. The van der Waals surface area contributed by atoms with E-state index in [1.165, 1.54) is 78.0 Å². The lowest BCUT2D eigenvalue weighted by atomic mass is 9.80. The van der Waals surface area contributed by atoms with Gasteiger partial charge in [0.25, 0.3) is 0 Å². The van der Waals surface area contributed by atoms with Crippen molar-refractivity contribution in [3.8, 4) is 0 Å². The highest BCUT2D eigenvalue weighted by atomic mass is 35.5. The van der Waals surface area contributed by atoms with Crippen molar-refractivity contribution < 1.29 is 13.2 Å². The Morgan fingerprint density at radius 2 is 0.723 bits per heavy atom. The highest BCUT2D eigenvalue weighted by Crippen LogP contribution is 2.42. The quantitative estimate of drug-likeness (QED) is 0.173. The maximum atomic E-state index is 13.8. The van der Waals surface area contributed by atoms with E-state index in [-0.39, 0.29) is 35.2 Å². The number of halogens is 4. The van der Waals surface area contributed by atoms with Gasteiger partial charge in [-0.15, -0.1) is 0 Å². The summed E-state index contributed by atoms with van der Waals surface area (Å²) in [7, 11) is 0. The van der Waals surface area contributed by atoms with Crippen LogP contribution in [0.15, 0.2) is 195 Å². The van der Waals surface area contributed by atoms with Crippen LogP contribution in [-0.4, -0.2) is 19.9 Å². The van der Waals surface area contributed by atoms with E-state index in [0.29, 0.717) is 23.7 Å². The van der Waals surface area contributed by atoms with Crippen LogP contribution in [0.4, 0.5) is 13.2 Å². The van der Waals surface area contributed by atoms with Crippen molar-refractivity contribution in [3.05, 3.63) is 329 Å².